The van der Waals surface area contributed by atoms with Crippen molar-refractivity contribution < 1.29 is 13.6 Å². The first-order valence-corrected chi connectivity index (χ1v) is 12.1. The molecule has 0 amide bonds. The molecule has 1 aliphatic carbocycles. The normalized spacial score (nSPS) is 17.7. The van der Waals surface area contributed by atoms with E-state index in [0.29, 0.717) is 6.42 Å². The largest absolute Gasteiger partial charge is 0.292 e. The van der Waals surface area contributed by atoms with Crippen LogP contribution in [0.2, 0.25) is 0 Å². The minimum Gasteiger partial charge on any atom is -0.292 e. The molecule has 0 N–H and O–H groups in total. The summed E-state index contributed by atoms with van der Waals surface area (Å²) < 4.78 is 27.1. The Labute approximate surface area is 191 Å². The van der Waals surface area contributed by atoms with Gasteiger partial charge in [-0.15, -0.1) is 11.6 Å². The molecule has 0 spiro atoms. The van der Waals surface area contributed by atoms with Crippen LogP contribution in [0.3, 0.4) is 0 Å². The molecule has 1 aliphatic heterocycles. The molecule has 0 saturated carbocycles. The number of halogens is 3. The van der Waals surface area contributed by atoms with Gasteiger partial charge in [0, 0.05) is 21.8 Å². The summed E-state index contributed by atoms with van der Waals surface area (Å²) in [6, 6.07) is 19.1. The zero-order chi connectivity index (χ0) is 21.5. The summed E-state index contributed by atoms with van der Waals surface area (Å²) in [5.41, 5.74) is 1.82. The predicted molar refractivity (Wildman–Crippen MR) is 122 cm³/mol. The highest BCUT2D eigenvalue weighted by molar-refractivity contribution is 8.03. The van der Waals surface area contributed by atoms with E-state index in [0.717, 1.165) is 35.6 Å². The first kappa shape index (κ1) is 20.6. The molecule has 2 aliphatic rings. The number of alkyl halides is 1. The fourth-order valence-corrected chi connectivity index (χ4v) is 7.08. The van der Waals surface area contributed by atoms with E-state index in [1.165, 1.54) is 24.3 Å². The molecule has 1 heterocycles. The Morgan fingerprint density at radius 1 is 0.871 bits per heavy atom. The lowest BCUT2D eigenvalue weighted by molar-refractivity contribution is -0.114. The Morgan fingerprint density at radius 3 is 2.06 bits per heavy atom. The molecule has 6 heteroatoms. The average molecular weight is 470 g/mol. The van der Waals surface area contributed by atoms with Gasteiger partial charge in [0.15, 0.2) is 20.5 Å². The highest BCUT2D eigenvalue weighted by Gasteiger charge is 2.33. The van der Waals surface area contributed by atoms with Crippen LogP contribution in [-0.2, 0) is 22.1 Å². The minimum absolute atomic E-state index is 0.0428. The lowest BCUT2D eigenvalue weighted by atomic mass is 9.95. The van der Waals surface area contributed by atoms with E-state index in [2.05, 4.69) is 18.2 Å². The fourth-order valence-electron chi connectivity index (χ4n) is 3.70. The first-order valence-electron chi connectivity index (χ1n) is 9.65. The van der Waals surface area contributed by atoms with Crippen LogP contribution in [-0.4, -0.2) is 11.2 Å². The van der Waals surface area contributed by atoms with Crippen molar-refractivity contribution in [3.8, 4) is 0 Å². The number of hydrogen-bond donors (Lipinski definition) is 0. The Hall–Kier alpha value is -2.34. The van der Waals surface area contributed by atoms with Crippen molar-refractivity contribution in [2.75, 3.05) is 0 Å². The summed E-state index contributed by atoms with van der Waals surface area (Å²) in [6.07, 6.45) is 4.19. The van der Waals surface area contributed by atoms with Crippen molar-refractivity contribution in [3.63, 3.8) is 0 Å². The van der Waals surface area contributed by atoms with Gasteiger partial charge in [0.1, 0.15) is 17.0 Å². The van der Waals surface area contributed by atoms with Crippen LogP contribution in [0.4, 0.5) is 8.78 Å². The van der Waals surface area contributed by atoms with Gasteiger partial charge in [0.2, 0.25) is 0 Å². The molecule has 3 aromatic carbocycles. The maximum atomic E-state index is 13.6. The molecule has 0 bridgehead atoms. The summed E-state index contributed by atoms with van der Waals surface area (Å²) in [5, 5.41) is -0.614. The van der Waals surface area contributed by atoms with Crippen LogP contribution in [0.5, 0.6) is 0 Å². The summed E-state index contributed by atoms with van der Waals surface area (Å²) in [4.78, 5) is 17.5. The number of rotatable bonds is 3. The van der Waals surface area contributed by atoms with Crippen molar-refractivity contribution in [2.45, 2.75) is 31.4 Å². The maximum Gasteiger partial charge on any atom is 0.181 e. The van der Waals surface area contributed by atoms with Gasteiger partial charge in [0.05, 0.1) is 10.9 Å². The zero-order valence-corrected chi connectivity index (χ0v) is 18.5. The molecule has 0 radical (unpaired) electrons. The lowest BCUT2D eigenvalue weighted by Crippen LogP contribution is -2.22. The van der Waals surface area contributed by atoms with Crippen LogP contribution in [0.25, 0.3) is 0 Å². The van der Waals surface area contributed by atoms with Crippen LogP contribution in [0.15, 0.2) is 109 Å². The number of fused-ring (bicyclic) bond motifs is 1. The Balaban J connectivity index is 1.58. The van der Waals surface area contributed by atoms with Crippen LogP contribution >= 0.6 is 23.4 Å². The summed E-state index contributed by atoms with van der Waals surface area (Å²) in [6.45, 7) is 0. The lowest BCUT2D eigenvalue weighted by Gasteiger charge is -2.24. The number of carbonyl (C=O) groups excluding carboxylic acids is 1. The van der Waals surface area contributed by atoms with Gasteiger partial charge in [-0.2, -0.15) is 0 Å². The van der Waals surface area contributed by atoms with Crippen LogP contribution in [0.1, 0.15) is 5.56 Å². The Morgan fingerprint density at radius 2 is 1.45 bits per heavy atom. The summed E-state index contributed by atoms with van der Waals surface area (Å²) in [7, 11) is -0.538. The monoisotopic (exact) mass is 469 g/mol. The number of hydrogen-bond acceptors (Lipinski definition) is 2. The van der Waals surface area contributed by atoms with E-state index >= 15 is 0 Å². The third-order valence-electron chi connectivity index (χ3n) is 5.22. The van der Waals surface area contributed by atoms with Gasteiger partial charge < -0.3 is 0 Å². The fraction of sp³-hybridized carbons (Fsp3) is 0.0800. The van der Waals surface area contributed by atoms with Crippen molar-refractivity contribution in [2.24, 2.45) is 0 Å². The number of allylic oxidation sites excluding steroid dienone is 3. The standard InChI is InChI=1S/C25H16ClF2OS2/c26-22-10-12-24-21(25(22)29)14-15-13-20(9-11-23(15)30-24)31(18-5-1-16(27)2-6-18)19-7-3-17(28)4-8-19/h1-13,22H,14H2/q+1. The van der Waals surface area contributed by atoms with Crippen molar-refractivity contribution >= 4 is 40.0 Å². The molecule has 0 saturated heterocycles. The van der Waals surface area contributed by atoms with E-state index < -0.39 is 16.3 Å². The molecule has 3 aromatic rings. The first-order chi connectivity index (χ1) is 15.0. The molecule has 0 aromatic heterocycles. The molecular formula is C25H16ClF2OS2+. The second-order valence-corrected chi connectivity index (χ2v) is 10.8. The second-order valence-electron chi connectivity index (χ2n) is 7.23. The molecule has 1 nitrogen and oxygen atoms in total. The van der Waals surface area contributed by atoms with Gasteiger partial charge in [0.25, 0.3) is 0 Å². The number of Topliss-reactive ketones (excluding diaryl/α,β-unsaturated/α-hetero) is 1. The second kappa shape index (κ2) is 8.30. The molecule has 154 valence electrons. The third-order valence-corrected chi connectivity index (χ3v) is 8.99. The Kier molecular flexibility index (Phi) is 5.51. The van der Waals surface area contributed by atoms with Crippen LogP contribution < -0.4 is 0 Å². The average Bonchev–Trinajstić information content (AvgIpc) is 2.78. The number of carbonyl (C=O) groups is 1. The topological polar surface area (TPSA) is 17.1 Å². The molecule has 31 heavy (non-hydrogen) atoms. The molecular weight excluding hydrogens is 454 g/mol. The van der Waals surface area contributed by atoms with E-state index in [9.17, 15) is 13.6 Å². The van der Waals surface area contributed by atoms with Gasteiger partial charge >= 0.3 is 0 Å². The third kappa shape index (κ3) is 3.98. The van der Waals surface area contributed by atoms with Gasteiger partial charge in [-0.05, 0) is 78.4 Å². The predicted octanol–water partition coefficient (Wildman–Crippen LogP) is 6.71. The number of ketones is 1. The van der Waals surface area contributed by atoms with Gasteiger partial charge in [-0.3, -0.25) is 4.79 Å². The van der Waals surface area contributed by atoms with Crippen molar-refractivity contribution in [1.82, 2.24) is 0 Å². The molecule has 0 fully saturated rings. The SMILES string of the molecule is O=C1C2=C(C=CC1Cl)Sc1ccc([S+](c3ccc(F)cc3)c3ccc(F)cc3)cc1C2. The highest BCUT2D eigenvalue weighted by Crippen LogP contribution is 2.43. The molecule has 1 unspecified atom stereocenters. The van der Waals surface area contributed by atoms with Gasteiger partial charge in [-0.1, -0.05) is 17.8 Å². The van der Waals surface area contributed by atoms with Crippen molar-refractivity contribution in [3.05, 3.63) is 107 Å². The molecule has 1 atom stereocenters. The smallest absolute Gasteiger partial charge is 0.181 e. The summed E-state index contributed by atoms with van der Waals surface area (Å²) in [5.74, 6) is -0.641. The van der Waals surface area contributed by atoms with Gasteiger partial charge in [-0.25, -0.2) is 8.78 Å². The highest BCUT2D eigenvalue weighted by atomic mass is 35.5. The van der Waals surface area contributed by atoms with Crippen molar-refractivity contribution in [1.29, 1.82) is 0 Å². The quantitative estimate of drug-likeness (QED) is 0.313. The van der Waals surface area contributed by atoms with E-state index in [1.54, 1.807) is 42.1 Å². The minimum atomic E-state index is -0.614. The zero-order valence-electron chi connectivity index (χ0n) is 16.1. The molecule has 5 rings (SSSR count). The number of benzene rings is 3. The van der Waals surface area contributed by atoms with E-state index in [1.807, 2.05) is 6.08 Å². The Bertz CT molecular complexity index is 1190. The van der Waals surface area contributed by atoms with E-state index in [-0.39, 0.29) is 17.4 Å². The maximum absolute atomic E-state index is 13.6. The van der Waals surface area contributed by atoms with E-state index in [4.69, 9.17) is 11.6 Å². The summed E-state index contributed by atoms with van der Waals surface area (Å²) >= 11 is 7.72. The van der Waals surface area contributed by atoms with Crippen LogP contribution in [0, 0.1) is 11.6 Å². The number of thioether (sulfide) groups is 1.